The number of aryl methyl sites for hydroxylation is 2. The molecule has 1 aromatic heterocycles. The van der Waals surface area contributed by atoms with E-state index in [-0.39, 0.29) is 5.91 Å². The Morgan fingerprint density at radius 2 is 2.00 bits per heavy atom. The molecule has 0 aliphatic carbocycles. The van der Waals surface area contributed by atoms with Gasteiger partial charge in [-0.3, -0.25) is 9.79 Å². The molecular weight excluding hydrogens is 320 g/mol. The van der Waals surface area contributed by atoms with Crippen molar-refractivity contribution in [3.8, 4) is 0 Å². The molecule has 6 heteroatoms. The van der Waals surface area contributed by atoms with E-state index in [1.54, 1.807) is 17.8 Å². The number of pyridine rings is 1. The van der Waals surface area contributed by atoms with Gasteiger partial charge in [-0.05, 0) is 42.7 Å². The van der Waals surface area contributed by atoms with Crippen LogP contribution >= 0.6 is 11.8 Å². The molecule has 3 rings (SSSR count). The summed E-state index contributed by atoms with van der Waals surface area (Å²) >= 11 is 1.76. The third kappa shape index (κ3) is 4.83. The average molecular weight is 340 g/mol. The van der Waals surface area contributed by atoms with Crippen LogP contribution in [0.2, 0.25) is 0 Å². The number of hydrogen-bond donors (Lipinski definition) is 2. The van der Waals surface area contributed by atoms with Crippen LogP contribution in [0.1, 0.15) is 18.2 Å². The number of nitrogens with zero attached hydrogens (tertiary/aromatic N) is 2. The molecule has 0 atom stereocenters. The number of carbonyl (C=O) groups is 1. The molecule has 1 aromatic carbocycles. The average Bonchev–Trinajstić information content (AvgIpc) is 3.07. The maximum Gasteiger partial charge on any atom is 0.222 e. The Kier molecular flexibility index (Phi) is 5.48. The molecule has 1 aliphatic rings. The molecule has 0 bridgehead atoms. The minimum atomic E-state index is -0.104. The van der Waals surface area contributed by atoms with Crippen molar-refractivity contribution in [3.05, 3.63) is 53.7 Å². The van der Waals surface area contributed by atoms with Crippen LogP contribution in [0.3, 0.4) is 0 Å². The molecule has 0 fully saturated rings. The highest BCUT2D eigenvalue weighted by Crippen LogP contribution is 2.17. The predicted molar refractivity (Wildman–Crippen MR) is 101 cm³/mol. The summed E-state index contributed by atoms with van der Waals surface area (Å²) in [4.78, 5) is 19.9. The normalized spacial score (nSPS) is 13.5. The number of amides is 1. The zero-order valence-electron chi connectivity index (χ0n) is 13.6. The summed E-state index contributed by atoms with van der Waals surface area (Å²) in [7, 11) is 0. The molecule has 5 nitrogen and oxygen atoms in total. The predicted octanol–water partition coefficient (Wildman–Crippen LogP) is 3.34. The Balaban J connectivity index is 1.55. The topological polar surface area (TPSA) is 66.4 Å². The van der Waals surface area contributed by atoms with Crippen molar-refractivity contribution in [1.82, 2.24) is 4.98 Å². The van der Waals surface area contributed by atoms with Crippen LogP contribution in [0.15, 0.2) is 47.5 Å². The number of amidine groups is 1. The summed E-state index contributed by atoms with van der Waals surface area (Å²) in [6.45, 7) is 2.38. The lowest BCUT2D eigenvalue weighted by Gasteiger charge is -2.07. The lowest BCUT2D eigenvalue weighted by molar-refractivity contribution is -0.114. The molecule has 2 N–H and O–H groups in total. The Bertz CT molecular complexity index is 743. The van der Waals surface area contributed by atoms with Crippen LogP contribution in [-0.4, -0.2) is 28.4 Å². The fraction of sp³-hybridized carbons (Fsp3) is 0.278. The molecule has 0 spiro atoms. The molecule has 0 saturated heterocycles. The number of hydrogen-bond acceptors (Lipinski definition) is 5. The first-order valence-electron chi connectivity index (χ1n) is 7.96. The van der Waals surface area contributed by atoms with Gasteiger partial charge >= 0.3 is 0 Å². The van der Waals surface area contributed by atoms with Gasteiger partial charge in [0, 0.05) is 24.1 Å². The highest BCUT2D eigenvalue weighted by molar-refractivity contribution is 8.14. The summed E-state index contributed by atoms with van der Waals surface area (Å²) in [6, 6.07) is 14.1. The van der Waals surface area contributed by atoms with E-state index in [0.29, 0.717) is 5.82 Å². The monoisotopic (exact) mass is 340 g/mol. The van der Waals surface area contributed by atoms with E-state index in [1.807, 2.05) is 12.1 Å². The summed E-state index contributed by atoms with van der Waals surface area (Å²) in [5.74, 6) is 1.56. The van der Waals surface area contributed by atoms with Gasteiger partial charge in [0.1, 0.15) is 5.82 Å². The highest BCUT2D eigenvalue weighted by atomic mass is 32.2. The number of benzene rings is 1. The van der Waals surface area contributed by atoms with Gasteiger partial charge < -0.3 is 10.6 Å². The maximum atomic E-state index is 11.1. The van der Waals surface area contributed by atoms with E-state index in [0.717, 1.165) is 41.7 Å². The van der Waals surface area contributed by atoms with Crippen molar-refractivity contribution >= 4 is 34.3 Å². The molecule has 0 unspecified atom stereocenters. The van der Waals surface area contributed by atoms with Gasteiger partial charge in [0.15, 0.2) is 5.17 Å². The zero-order chi connectivity index (χ0) is 16.8. The van der Waals surface area contributed by atoms with Crippen LogP contribution in [0.4, 0.5) is 11.5 Å². The van der Waals surface area contributed by atoms with Crippen molar-refractivity contribution < 1.29 is 4.79 Å². The smallest absolute Gasteiger partial charge is 0.222 e. The lowest BCUT2D eigenvalue weighted by Crippen LogP contribution is -2.08. The Labute approximate surface area is 146 Å². The van der Waals surface area contributed by atoms with Crippen molar-refractivity contribution in [1.29, 1.82) is 0 Å². The fourth-order valence-corrected chi connectivity index (χ4v) is 3.18. The number of aliphatic imine (C=N–C) groups is 1. The van der Waals surface area contributed by atoms with E-state index in [1.165, 1.54) is 12.5 Å². The van der Waals surface area contributed by atoms with Crippen LogP contribution < -0.4 is 10.6 Å². The van der Waals surface area contributed by atoms with E-state index in [4.69, 9.17) is 0 Å². The van der Waals surface area contributed by atoms with Crippen molar-refractivity contribution in [2.75, 3.05) is 22.9 Å². The number of aromatic nitrogens is 1. The first-order chi connectivity index (χ1) is 11.7. The number of thioether (sulfide) groups is 1. The molecule has 1 amide bonds. The molecular formula is C18H20N4OS. The minimum absolute atomic E-state index is 0.104. The van der Waals surface area contributed by atoms with Crippen LogP contribution in [-0.2, 0) is 17.6 Å². The third-order valence-electron chi connectivity index (χ3n) is 3.57. The molecule has 1 aliphatic heterocycles. The fourth-order valence-electron chi connectivity index (χ4n) is 2.43. The van der Waals surface area contributed by atoms with E-state index in [9.17, 15) is 4.79 Å². The standard InChI is InChI=1S/C18H20N4OS/c1-13(23)20-17-4-2-3-15(21-17)8-5-14-6-9-16(10-7-14)22-18-19-11-12-24-18/h2-4,6-7,9-10H,5,8,11-12H2,1H3,(H,19,22)(H,20,21,23). The second-order valence-electron chi connectivity index (χ2n) is 5.55. The van der Waals surface area contributed by atoms with Gasteiger partial charge in [0.2, 0.25) is 5.91 Å². The van der Waals surface area contributed by atoms with Gasteiger partial charge in [-0.1, -0.05) is 30.0 Å². The molecule has 124 valence electrons. The number of carbonyl (C=O) groups excluding carboxylic acids is 1. The molecule has 24 heavy (non-hydrogen) atoms. The van der Waals surface area contributed by atoms with Gasteiger partial charge in [-0.25, -0.2) is 4.98 Å². The zero-order valence-corrected chi connectivity index (χ0v) is 14.4. The van der Waals surface area contributed by atoms with E-state index < -0.39 is 0 Å². The van der Waals surface area contributed by atoms with Crippen LogP contribution in [0.25, 0.3) is 0 Å². The van der Waals surface area contributed by atoms with Crippen LogP contribution in [0, 0.1) is 0 Å². The Hall–Kier alpha value is -2.34. The summed E-state index contributed by atoms with van der Waals surface area (Å²) in [5, 5.41) is 7.04. The largest absolute Gasteiger partial charge is 0.335 e. The van der Waals surface area contributed by atoms with Gasteiger partial charge in [0.25, 0.3) is 0 Å². The first-order valence-corrected chi connectivity index (χ1v) is 8.94. The number of nitrogens with one attached hydrogen (secondary N) is 2. The first kappa shape index (κ1) is 16.5. The SMILES string of the molecule is CC(=O)Nc1cccc(CCc2ccc(NC3=NCCS3)cc2)n1. The molecule has 0 radical (unpaired) electrons. The minimum Gasteiger partial charge on any atom is -0.335 e. The van der Waals surface area contributed by atoms with Gasteiger partial charge in [0.05, 0.1) is 6.54 Å². The van der Waals surface area contributed by atoms with Gasteiger partial charge in [-0.2, -0.15) is 0 Å². The van der Waals surface area contributed by atoms with Crippen molar-refractivity contribution in [2.45, 2.75) is 19.8 Å². The molecule has 2 aromatic rings. The Morgan fingerprint density at radius 3 is 2.71 bits per heavy atom. The Morgan fingerprint density at radius 1 is 1.17 bits per heavy atom. The highest BCUT2D eigenvalue weighted by Gasteiger charge is 2.07. The maximum absolute atomic E-state index is 11.1. The van der Waals surface area contributed by atoms with E-state index >= 15 is 0 Å². The quantitative estimate of drug-likeness (QED) is 0.876. The number of rotatable bonds is 5. The molecule has 2 heterocycles. The molecule has 0 saturated carbocycles. The third-order valence-corrected chi connectivity index (χ3v) is 4.46. The lowest BCUT2D eigenvalue weighted by atomic mass is 10.1. The van der Waals surface area contributed by atoms with Crippen LogP contribution in [0.5, 0.6) is 0 Å². The second-order valence-corrected chi connectivity index (χ2v) is 6.64. The van der Waals surface area contributed by atoms with Gasteiger partial charge in [-0.15, -0.1) is 0 Å². The van der Waals surface area contributed by atoms with Crippen molar-refractivity contribution in [2.24, 2.45) is 4.99 Å². The summed E-state index contributed by atoms with van der Waals surface area (Å²) in [6.07, 6.45) is 1.75. The number of anilines is 2. The van der Waals surface area contributed by atoms with E-state index in [2.05, 4.69) is 44.9 Å². The van der Waals surface area contributed by atoms with Crippen molar-refractivity contribution in [3.63, 3.8) is 0 Å². The summed E-state index contributed by atoms with van der Waals surface area (Å²) in [5.41, 5.74) is 3.30. The second kappa shape index (κ2) is 7.97. The summed E-state index contributed by atoms with van der Waals surface area (Å²) < 4.78 is 0.